The maximum atomic E-state index is 12.1. The zero-order valence-corrected chi connectivity index (χ0v) is 16.3. The topological polar surface area (TPSA) is 114 Å². The van der Waals surface area contributed by atoms with Gasteiger partial charge in [0.25, 0.3) is 0 Å². The van der Waals surface area contributed by atoms with Gasteiger partial charge in [0.15, 0.2) is 0 Å². The minimum Gasteiger partial charge on any atom is -0.495 e. The second kappa shape index (κ2) is 11.4. The number of anilines is 2. The Morgan fingerprint density at radius 1 is 1.26 bits per heavy atom. The third-order valence-electron chi connectivity index (χ3n) is 4.17. The lowest BCUT2D eigenvalue weighted by molar-refractivity contribution is -0.120. The molecule has 9 heteroatoms. The number of hydrogen-bond donors (Lipinski definition) is 3. The van der Waals surface area contributed by atoms with E-state index < -0.39 is 6.03 Å². The zero-order chi connectivity index (χ0) is 18.9. The van der Waals surface area contributed by atoms with E-state index in [1.54, 1.807) is 18.2 Å². The number of halogens is 1. The Balaban J connectivity index is 0.00000364. The average molecular weight is 399 g/mol. The molecule has 2 rings (SSSR count). The summed E-state index contributed by atoms with van der Waals surface area (Å²) >= 11 is 0. The quantitative estimate of drug-likeness (QED) is 0.553. The molecule has 0 spiro atoms. The number of benzene rings is 1. The summed E-state index contributed by atoms with van der Waals surface area (Å²) < 4.78 is 5.31. The number of amides is 4. The van der Waals surface area contributed by atoms with E-state index >= 15 is 0 Å². The van der Waals surface area contributed by atoms with E-state index in [1.165, 1.54) is 12.0 Å². The van der Waals surface area contributed by atoms with Gasteiger partial charge in [0.2, 0.25) is 11.8 Å². The molecular formula is C18H27ClN4O4. The van der Waals surface area contributed by atoms with E-state index in [4.69, 9.17) is 10.5 Å². The molecule has 0 radical (unpaired) electrons. The van der Waals surface area contributed by atoms with Crippen LogP contribution in [0.2, 0.25) is 0 Å². The summed E-state index contributed by atoms with van der Waals surface area (Å²) in [5.74, 6) is 0.116. The lowest BCUT2D eigenvalue weighted by Gasteiger charge is -2.28. The van der Waals surface area contributed by atoms with Gasteiger partial charge in [-0.1, -0.05) is 12.8 Å². The van der Waals surface area contributed by atoms with E-state index in [0.29, 0.717) is 30.1 Å². The Labute approximate surface area is 165 Å². The number of nitrogens with two attached hydrogens (primary N) is 1. The first-order valence-electron chi connectivity index (χ1n) is 8.84. The van der Waals surface area contributed by atoms with Crippen molar-refractivity contribution >= 4 is 41.6 Å². The van der Waals surface area contributed by atoms with Crippen molar-refractivity contribution in [3.8, 4) is 5.75 Å². The number of carbonyl (C=O) groups excluding carboxylic acids is 3. The molecule has 27 heavy (non-hydrogen) atoms. The first-order valence-corrected chi connectivity index (χ1v) is 8.84. The average Bonchev–Trinajstić information content (AvgIpc) is 2.61. The molecule has 0 bridgehead atoms. The van der Waals surface area contributed by atoms with Crippen molar-refractivity contribution in [2.24, 2.45) is 5.73 Å². The molecule has 1 aliphatic heterocycles. The minimum atomic E-state index is -0.497. The summed E-state index contributed by atoms with van der Waals surface area (Å²) in [6, 6.07) is 4.60. The second-order valence-electron chi connectivity index (χ2n) is 6.14. The van der Waals surface area contributed by atoms with Crippen LogP contribution in [0.4, 0.5) is 16.2 Å². The van der Waals surface area contributed by atoms with Crippen molar-refractivity contribution in [3.05, 3.63) is 18.2 Å². The number of ether oxygens (including phenoxy) is 1. The van der Waals surface area contributed by atoms with E-state index in [-0.39, 0.29) is 37.2 Å². The van der Waals surface area contributed by atoms with Crippen LogP contribution in [0, 0.1) is 0 Å². The van der Waals surface area contributed by atoms with Gasteiger partial charge in [-0.2, -0.15) is 0 Å². The van der Waals surface area contributed by atoms with E-state index in [1.807, 2.05) is 0 Å². The number of nitrogens with one attached hydrogen (secondary N) is 2. The lowest BCUT2D eigenvalue weighted by atomic mass is 10.1. The van der Waals surface area contributed by atoms with Crippen LogP contribution in [-0.4, -0.2) is 38.0 Å². The fraction of sp³-hybridized carbons (Fsp3) is 0.500. The van der Waals surface area contributed by atoms with Crippen LogP contribution >= 0.6 is 12.4 Å². The molecule has 1 saturated heterocycles. The largest absolute Gasteiger partial charge is 0.495 e. The highest BCUT2D eigenvalue weighted by atomic mass is 35.5. The maximum absolute atomic E-state index is 12.1. The number of carbonyl (C=O) groups is 3. The first kappa shape index (κ1) is 22.7. The van der Waals surface area contributed by atoms with Crippen molar-refractivity contribution in [3.63, 3.8) is 0 Å². The molecule has 1 aliphatic rings. The predicted molar refractivity (Wildman–Crippen MR) is 107 cm³/mol. The number of unbranched alkanes of at least 4 members (excludes halogenated alkanes) is 3. The van der Waals surface area contributed by atoms with Crippen LogP contribution in [0.25, 0.3) is 0 Å². The summed E-state index contributed by atoms with van der Waals surface area (Å²) in [6.07, 6.45) is 4.44. The fourth-order valence-corrected chi connectivity index (χ4v) is 2.78. The van der Waals surface area contributed by atoms with Gasteiger partial charge in [0, 0.05) is 25.1 Å². The van der Waals surface area contributed by atoms with Crippen molar-refractivity contribution in [1.29, 1.82) is 0 Å². The van der Waals surface area contributed by atoms with Gasteiger partial charge < -0.3 is 15.8 Å². The van der Waals surface area contributed by atoms with Crippen molar-refractivity contribution < 1.29 is 19.1 Å². The van der Waals surface area contributed by atoms with Gasteiger partial charge in [-0.3, -0.25) is 19.8 Å². The van der Waals surface area contributed by atoms with Crippen LogP contribution in [-0.2, 0) is 9.59 Å². The van der Waals surface area contributed by atoms with Crippen LogP contribution in [0.3, 0.4) is 0 Å². The molecule has 8 nitrogen and oxygen atoms in total. The third-order valence-corrected chi connectivity index (χ3v) is 4.17. The minimum absolute atomic E-state index is 0. The van der Waals surface area contributed by atoms with Gasteiger partial charge in [-0.15, -0.1) is 12.4 Å². The zero-order valence-electron chi connectivity index (χ0n) is 15.5. The molecule has 0 atom stereocenters. The van der Waals surface area contributed by atoms with Gasteiger partial charge >= 0.3 is 6.03 Å². The molecule has 1 fully saturated rings. The van der Waals surface area contributed by atoms with Crippen LogP contribution in [0.15, 0.2) is 18.2 Å². The normalized spacial score (nSPS) is 13.6. The SMILES string of the molecule is COc1ccc(NC(=O)CCCCCCN)cc1N1CCC(=O)NC1=O.Cl. The lowest BCUT2D eigenvalue weighted by Crippen LogP contribution is -2.49. The number of imide groups is 1. The molecule has 0 unspecified atom stereocenters. The van der Waals surface area contributed by atoms with Crippen LogP contribution < -0.4 is 26.0 Å². The van der Waals surface area contributed by atoms with Crippen LogP contribution in [0.1, 0.15) is 38.5 Å². The molecule has 0 aliphatic carbocycles. The maximum Gasteiger partial charge on any atom is 0.328 e. The number of methoxy groups -OCH3 is 1. The molecule has 0 saturated carbocycles. The summed E-state index contributed by atoms with van der Waals surface area (Å²) in [7, 11) is 1.51. The Morgan fingerprint density at radius 2 is 2.00 bits per heavy atom. The Hall–Kier alpha value is -2.32. The van der Waals surface area contributed by atoms with E-state index in [0.717, 1.165) is 25.7 Å². The molecular weight excluding hydrogens is 372 g/mol. The summed E-state index contributed by atoms with van der Waals surface area (Å²) in [5, 5.41) is 5.12. The summed E-state index contributed by atoms with van der Waals surface area (Å²) in [4.78, 5) is 36.9. The third kappa shape index (κ3) is 6.73. The molecule has 1 heterocycles. The fourth-order valence-electron chi connectivity index (χ4n) is 2.78. The van der Waals surface area contributed by atoms with Gasteiger partial charge in [-0.25, -0.2) is 4.79 Å². The Morgan fingerprint density at radius 3 is 2.67 bits per heavy atom. The van der Waals surface area contributed by atoms with Crippen molar-refractivity contribution in [1.82, 2.24) is 5.32 Å². The number of urea groups is 1. The number of rotatable bonds is 9. The highest BCUT2D eigenvalue weighted by Crippen LogP contribution is 2.32. The summed E-state index contributed by atoms with van der Waals surface area (Å²) in [6.45, 7) is 0.941. The molecule has 150 valence electrons. The summed E-state index contributed by atoms with van der Waals surface area (Å²) in [5.41, 5.74) is 6.54. The van der Waals surface area contributed by atoms with Gasteiger partial charge in [0.1, 0.15) is 5.75 Å². The molecule has 0 aromatic heterocycles. The Bertz CT molecular complexity index is 669. The smallest absolute Gasteiger partial charge is 0.328 e. The molecule has 1 aromatic carbocycles. The number of nitrogens with zero attached hydrogens (tertiary/aromatic N) is 1. The highest BCUT2D eigenvalue weighted by molar-refractivity contribution is 6.06. The van der Waals surface area contributed by atoms with Gasteiger partial charge in [-0.05, 0) is 37.6 Å². The first-order chi connectivity index (χ1) is 12.5. The van der Waals surface area contributed by atoms with E-state index in [2.05, 4.69) is 10.6 Å². The van der Waals surface area contributed by atoms with Gasteiger partial charge in [0.05, 0.1) is 12.8 Å². The molecule has 4 N–H and O–H groups in total. The van der Waals surface area contributed by atoms with Crippen LogP contribution in [0.5, 0.6) is 5.75 Å². The monoisotopic (exact) mass is 398 g/mol. The molecule has 4 amide bonds. The van der Waals surface area contributed by atoms with E-state index in [9.17, 15) is 14.4 Å². The standard InChI is InChI=1S/C18H26N4O4.ClH/c1-26-15-8-7-13(20-16(23)6-4-2-3-5-10-19)12-14(15)22-11-9-17(24)21-18(22)25;/h7-8,12H,2-6,9-11,19H2,1H3,(H,20,23)(H,21,24,25);1H. The highest BCUT2D eigenvalue weighted by Gasteiger charge is 2.26. The Kier molecular flexibility index (Phi) is 9.60. The molecule has 1 aromatic rings. The second-order valence-corrected chi connectivity index (χ2v) is 6.14. The predicted octanol–water partition coefficient (Wildman–Crippen LogP) is 2.41. The van der Waals surface area contributed by atoms with Crippen molar-refractivity contribution in [2.75, 3.05) is 30.4 Å². The number of hydrogen-bond acceptors (Lipinski definition) is 5. The van der Waals surface area contributed by atoms with Crippen molar-refractivity contribution in [2.45, 2.75) is 38.5 Å².